The Bertz CT molecular complexity index is 564. The molecular formula is C18H23NO2. The van der Waals surface area contributed by atoms with Crippen molar-refractivity contribution in [2.75, 3.05) is 13.7 Å². The first-order valence-corrected chi connectivity index (χ1v) is 7.29. The van der Waals surface area contributed by atoms with Gasteiger partial charge in [-0.25, -0.2) is 0 Å². The molecule has 0 aliphatic rings. The van der Waals surface area contributed by atoms with Gasteiger partial charge in [0, 0.05) is 6.54 Å². The molecule has 0 fully saturated rings. The van der Waals surface area contributed by atoms with Gasteiger partial charge in [-0.2, -0.15) is 0 Å². The predicted molar refractivity (Wildman–Crippen MR) is 85.9 cm³/mol. The summed E-state index contributed by atoms with van der Waals surface area (Å²) < 4.78 is 11.3. The summed E-state index contributed by atoms with van der Waals surface area (Å²) in [5.74, 6) is 1.55. The molecule has 21 heavy (non-hydrogen) atoms. The van der Waals surface area contributed by atoms with Gasteiger partial charge in [-0.05, 0) is 36.7 Å². The van der Waals surface area contributed by atoms with Crippen LogP contribution in [0.15, 0.2) is 42.5 Å². The molecule has 0 aliphatic heterocycles. The average Bonchev–Trinajstić information content (AvgIpc) is 2.52. The number of ether oxygens (including phenoxy) is 2. The molecule has 3 nitrogen and oxygen atoms in total. The Morgan fingerprint density at radius 2 is 1.67 bits per heavy atom. The predicted octanol–water partition coefficient (Wildman–Crippen LogP) is 3.69. The zero-order valence-electron chi connectivity index (χ0n) is 13.0. The van der Waals surface area contributed by atoms with Crippen LogP contribution in [0.4, 0.5) is 0 Å². The lowest BCUT2D eigenvalue weighted by Gasteiger charge is -2.13. The number of hydrogen-bond donors (Lipinski definition) is 1. The van der Waals surface area contributed by atoms with Gasteiger partial charge < -0.3 is 14.8 Å². The molecule has 0 saturated carbocycles. The van der Waals surface area contributed by atoms with E-state index in [1.807, 2.05) is 12.1 Å². The third-order valence-corrected chi connectivity index (χ3v) is 3.32. The molecule has 2 rings (SSSR count). The van der Waals surface area contributed by atoms with Crippen LogP contribution in [0.2, 0.25) is 0 Å². The summed E-state index contributed by atoms with van der Waals surface area (Å²) in [5, 5.41) is 3.31. The molecule has 2 aromatic rings. The third kappa shape index (κ3) is 4.50. The summed E-state index contributed by atoms with van der Waals surface area (Å²) >= 11 is 0. The Kier molecular flexibility index (Phi) is 5.64. The molecule has 0 radical (unpaired) electrons. The Hall–Kier alpha value is -2.00. The number of hydrogen-bond acceptors (Lipinski definition) is 3. The highest BCUT2D eigenvalue weighted by Gasteiger charge is 2.06. The average molecular weight is 285 g/mol. The first-order chi connectivity index (χ1) is 10.2. The molecule has 1 N–H and O–H groups in total. The van der Waals surface area contributed by atoms with Crippen molar-refractivity contribution in [1.29, 1.82) is 0 Å². The number of nitrogens with one attached hydrogen (secondary N) is 1. The highest BCUT2D eigenvalue weighted by molar-refractivity contribution is 5.43. The highest BCUT2D eigenvalue weighted by atomic mass is 16.5. The van der Waals surface area contributed by atoms with Crippen molar-refractivity contribution in [2.24, 2.45) is 0 Å². The van der Waals surface area contributed by atoms with Gasteiger partial charge in [0.1, 0.15) is 6.61 Å². The van der Waals surface area contributed by atoms with Crippen LogP contribution in [0.1, 0.15) is 23.6 Å². The van der Waals surface area contributed by atoms with E-state index in [2.05, 4.69) is 49.5 Å². The van der Waals surface area contributed by atoms with Crippen molar-refractivity contribution in [3.05, 3.63) is 59.2 Å². The first-order valence-electron chi connectivity index (χ1n) is 7.29. The van der Waals surface area contributed by atoms with Crippen molar-refractivity contribution in [1.82, 2.24) is 5.32 Å². The van der Waals surface area contributed by atoms with Gasteiger partial charge in [-0.3, -0.25) is 0 Å². The van der Waals surface area contributed by atoms with Gasteiger partial charge in [0.05, 0.1) is 7.11 Å². The first kappa shape index (κ1) is 15.4. The number of aryl methyl sites for hydroxylation is 1. The van der Waals surface area contributed by atoms with Gasteiger partial charge in [0.15, 0.2) is 11.5 Å². The van der Waals surface area contributed by atoms with E-state index in [0.29, 0.717) is 6.61 Å². The molecule has 0 atom stereocenters. The van der Waals surface area contributed by atoms with Crippen LogP contribution in [0.25, 0.3) is 0 Å². The molecule has 0 bridgehead atoms. The van der Waals surface area contributed by atoms with Gasteiger partial charge in [-0.15, -0.1) is 0 Å². The van der Waals surface area contributed by atoms with E-state index in [-0.39, 0.29) is 0 Å². The molecule has 112 valence electrons. The van der Waals surface area contributed by atoms with E-state index < -0.39 is 0 Å². The zero-order chi connectivity index (χ0) is 15.1. The maximum absolute atomic E-state index is 5.92. The summed E-state index contributed by atoms with van der Waals surface area (Å²) in [7, 11) is 1.66. The molecule has 0 spiro atoms. The van der Waals surface area contributed by atoms with E-state index in [0.717, 1.165) is 30.2 Å². The second-order valence-corrected chi connectivity index (χ2v) is 5.04. The molecule has 3 heteroatoms. The highest BCUT2D eigenvalue weighted by Crippen LogP contribution is 2.28. The van der Waals surface area contributed by atoms with E-state index in [4.69, 9.17) is 9.47 Å². The van der Waals surface area contributed by atoms with Crippen LogP contribution in [0.5, 0.6) is 11.5 Å². The van der Waals surface area contributed by atoms with Gasteiger partial charge in [-0.1, -0.05) is 42.8 Å². The van der Waals surface area contributed by atoms with Crippen molar-refractivity contribution in [3.8, 4) is 11.5 Å². The van der Waals surface area contributed by atoms with E-state index in [1.165, 1.54) is 11.1 Å². The summed E-state index contributed by atoms with van der Waals surface area (Å²) in [6.07, 6.45) is 0. The topological polar surface area (TPSA) is 30.5 Å². The summed E-state index contributed by atoms with van der Waals surface area (Å²) in [6.45, 7) is 6.50. The second kappa shape index (κ2) is 7.70. The fourth-order valence-corrected chi connectivity index (χ4v) is 2.06. The van der Waals surface area contributed by atoms with Crippen LogP contribution >= 0.6 is 0 Å². The van der Waals surface area contributed by atoms with Crippen molar-refractivity contribution in [2.45, 2.75) is 27.0 Å². The number of rotatable bonds is 7. The lowest BCUT2D eigenvalue weighted by atomic mass is 10.1. The quantitative estimate of drug-likeness (QED) is 0.841. The standard InChI is InChI=1S/C18H23NO2/c1-4-19-12-16-9-10-17(20-3)18(11-16)21-13-15-7-5-14(2)6-8-15/h5-11,19H,4,12-13H2,1-3H3. The Morgan fingerprint density at radius 1 is 0.952 bits per heavy atom. The molecular weight excluding hydrogens is 262 g/mol. The summed E-state index contributed by atoms with van der Waals surface area (Å²) in [4.78, 5) is 0. The largest absolute Gasteiger partial charge is 0.493 e. The normalized spacial score (nSPS) is 10.4. The lowest BCUT2D eigenvalue weighted by Crippen LogP contribution is -2.11. The molecule has 0 amide bonds. The van der Waals surface area contributed by atoms with Crippen molar-refractivity contribution >= 4 is 0 Å². The summed E-state index contributed by atoms with van der Waals surface area (Å²) in [6, 6.07) is 14.4. The fraction of sp³-hybridized carbons (Fsp3) is 0.333. The number of methoxy groups -OCH3 is 1. The lowest BCUT2D eigenvalue weighted by molar-refractivity contribution is 0.284. The molecule has 0 heterocycles. The smallest absolute Gasteiger partial charge is 0.161 e. The minimum absolute atomic E-state index is 0.543. The second-order valence-electron chi connectivity index (χ2n) is 5.04. The van der Waals surface area contributed by atoms with Crippen LogP contribution < -0.4 is 14.8 Å². The maximum Gasteiger partial charge on any atom is 0.161 e. The number of benzene rings is 2. The Labute approximate surface area is 126 Å². The van der Waals surface area contributed by atoms with E-state index in [1.54, 1.807) is 7.11 Å². The van der Waals surface area contributed by atoms with Crippen LogP contribution in [-0.4, -0.2) is 13.7 Å². The Balaban J connectivity index is 2.07. The van der Waals surface area contributed by atoms with Crippen molar-refractivity contribution < 1.29 is 9.47 Å². The summed E-state index contributed by atoms with van der Waals surface area (Å²) in [5.41, 5.74) is 3.60. The molecule has 0 saturated heterocycles. The SMILES string of the molecule is CCNCc1ccc(OC)c(OCc2ccc(C)cc2)c1. The third-order valence-electron chi connectivity index (χ3n) is 3.32. The molecule has 0 unspecified atom stereocenters. The van der Waals surface area contributed by atoms with Crippen LogP contribution in [0, 0.1) is 6.92 Å². The molecule has 0 aliphatic carbocycles. The Morgan fingerprint density at radius 3 is 2.33 bits per heavy atom. The minimum Gasteiger partial charge on any atom is -0.493 e. The van der Waals surface area contributed by atoms with E-state index >= 15 is 0 Å². The van der Waals surface area contributed by atoms with Gasteiger partial charge >= 0.3 is 0 Å². The van der Waals surface area contributed by atoms with Crippen LogP contribution in [-0.2, 0) is 13.2 Å². The van der Waals surface area contributed by atoms with Crippen molar-refractivity contribution in [3.63, 3.8) is 0 Å². The van der Waals surface area contributed by atoms with Gasteiger partial charge in [0.2, 0.25) is 0 Å². The van der Waals surface area contributed by atoms with Crippen LogP contribution in [0.3, 0.4) is 0 Å². The molecule has 0 aromatic heterocycles. The molecule has 2 aromatic carbocycles. The zero-order valence-corrected chi connectivity index (χ0v) is 13.0. The monoisotopic (exact) mass is 285 g/mol. The van der Waals surface area contributed by atoms with E-state index in [9.17, 15) is 0 Å². The van der Waals surface area contributed by atoms with Gasteiger partial charge in [0.25, 0.3) is 0 Å². The fourth-order valence-electron chi connectivity index (χ4n) is 2.06. The maximum atomic E-state index is 5.92. The minimum atomic E-state index is 0.543.